The van der Waals surface area contributed by atoms with Gasteiger partial charge < -0.3 is 14.3 Å². The minimum atomic E-state index is 0.124. The second-order valence-electron chi connectivity index (χ2n) is 5.12. The van der Waals surface area contributed by atoms with Crippen molar-refractivity contribution in [3.8, 4) is 0 Å². The first-order chi connectivity index (χ1) is 9.65. The highest BCUT2D eigenvalue weighted by atomic mass is 16.5. The Balaban J connectivity index is 1.78. The summed E-state index contributed by atoms with van der Waals surface area (Å²) in [7, 11) is 0. The molecule has 0 fully saturated rings. The molecule has 1 atom stereocenters. The molecule has 0 saturated heterocycles. The van der Waals surface area contributed by atoms with Gasteiger partial charge in [0.1, 0.15) is 17.1 Å². The third-order valence-corrected chi connectivity index (χ3v) is 3.54. The molecule has 0 aliphatic heterocycles. The van der Waals surface area contributed by atoms with Gasteiger partial charge in [-0.3, -0.25) is 0 Å². The van der Waals surface area contributed by atoms with E-state index >= 15 is 0 Å². The molecule has 1 N–H and O–H groups in total. The smallest absolute Gasteiger partial charge is 0.134 e. The number of aromatic nitrogens is 1. The summed E-state index contributed by atoms with van der Waals surface area (Å²) in [5.74, 6) is 1.81. The Bertz CT molecular complexity index is 727. The van der Waals surface area contributed by atoms with E-state index in [9.17, 15) is 0 Å². The maximum absolute atomic E-state index is 5.95. The van der Waals surface area contributed by atoms with Gasteiger partial charge in [0, 0.05) is 18.0 Å². The number of nitrogens with one attached hydrogen (secondary N) is 1. The molecule has 104 valence electrons. The van der Waals surface area contributed by atoms with E-state index in [0.29, 0.717) is 6.54 Å². The fourth-order valence-electron chi connectivity index (χ4n) is 2.46. The largest absolute Gasteiger partial charge is 0.459 e. The van der Waals surface area contributed by atoms with Crippen LogP contribution in [0.1, 0.15) is 35.7 Å². The first-order valence-corrected chi connectivity index (χ1v) is 6.79. The van der Waals surface area contributed by atoms with Gasteiger partial charge >= 0.3 is 0 Å². The van der Waals surface area contributed by atoms with Crippen LogP contribution in [0, 0.1) is 13.8 Å². The van der Waals surface area contributed by atoms with Gasteiger partial charge in [0.05, 0.1) is 11.7 Å². The molecule has 0 bridgehead atoms. The van der Waals surface area contributed by atoms with Crippen molar-refractivity contribution in [2.75, 3.05) is 0 Å². The van der Waals surface area contributed by atoms with E-state index in [4.69, 9.17) is 8.94 Å². The predicted octanol–water partition coefficient (Wildman–Crippen LogP) is 3.89. The van der Waals surface area contributed by atoms with Crippen LogP contribution >= 0.6 is 0 Å². The van der Waals surface area contributed by atoms with Crippen LogP contribution in [0.15, 0.2) is 39.3 Å². The molecule has 1 unspecified atom stereocenters. The predicted molar refractivity (Wildman–Crippen MR) is 77.4 cm³/mol. The van der Waals surface area contributed by atoms with Crippen molar-refractivity contribution in [3.05, 3.63) is 53.1 Å². The summed E-state index contributed by atoms with van der Waals surface area (Å²) in [4.78, 5) is 0. The molecule has 0 spiro atoms. The van der Waals surface area contributed by atoms with Crippen LogP contribution in [0.5, 0.6) is 0 Å². The molecular formula is C16H18N2O2. The number of hydrogen-bond acceptors (Lipinski definition) is 4. The highest BCUT2D eigenvalue weighted by molar-refractivity contribution is 5.82. The molecule has 0 radical (unpaired) electrons. The lowest BCUT2D eigenvalue weighted by molar-refractivity contribution is 0.382. The van der Waals surface area contributed by atoms with Crippen molar-refractivity contribution >= 4 is 11.0 Å². The molecule has 2 aromatic heterocycles. The van der Waals surface area contributed by atoms with Gasteiger partial charge in [-0.15, -0.1) is 0 Å². The van der Waals surface area contributed by atoms with Gasteiger partial charge in [-0.25, -0.2) is 0 Å². The number of para-hydroxylation sites is 1. The fourth-order valence-corrected chi connectivity index (χ4v) is 2.46. The Hall–Kier alpha value is -2.07. The summed E-state index contributed by atoms with van der Waals surface area (Å²) >= 11 is 0. The molecule has 4 nitrogen and oxygen atoms in total. The molecule has 20 heavy (non-hydrogen) atoms. The highest BCUT2D eigenvalue weighted by Crippen LogP contribution is 2.29. The Morgan fingerprint density at radius 2 is 2.05 bits per heavy atom. The van der Waals surface area contributed by atoms with Gasteiger partial charge in [-0.2, -0.15) is 0 Å². The van der Waals surface area contributed by atoms with Crippen LogP contribution in [0.3, 0.4) is 0 Å². The van der Waals surface area contributed by atoms with Crippen molar-refractivity contribution in [2.24, 2.45) is 0 Å². The van der Waals surface area contributed by atoms with Crippen LogP contribution < -0.4 is 5.32 Å². The number of fused-ring (bicyclic) bond motifs is 1. The Labute approximate surface area is 117 Å². The zero-order chi connectivity index (χ0) is 14.1. The van der Waals surface area contributed by atoms with E-state index in [-0.39, 0.29) is 6.04 Å². The zero-order valence-electron chi connectivity index (χ0n) is 11.9. The zero-order valence-corrected chi connectivity index (χ0v) is 11.9. The molecule has 3 rings (SSSR count). The summed E-state index contributed by atoms with van der Waals surface area (Å²) in [6, 6.07) is 10.2. The number of rotatable bonds is 4. The van der Waals surface area contributed by atoms with Crippen molar-refractivity contribution in [1.29, 1.82) is 0 Å². The van der Waals surface area contributed by atoms with Crippen molar-refractivity contribution in [2.45, 2.75) is 33.4 Å². The Kier molecular flexibility index (Phi) is 3.32. The molecule has 0 saturated carbocycles. The van der Waals surface area contributed by atoms with E-state index in [2.05, 4.69) is 30.4 Å². The van der Waals surface area contributed by atoms with Crippen LogP contribution in [0.4, 0.5) is 0 Å². The minimum absolute atomic E-state index is 0.124. The lowest BCUT2D eigenvalue weighted by Crippen LogP contribution is -2.18. The van der Waals surface area contributed by atoms with Gasteiger partial charge in [0.25, 0.3) is 0 Å². The van der Waals surface area contributed by atoms with Gasteiger partial charge in [0.2, 0.25) is 0 Å². The summed E-state index contributed by atoms with van der Waals surface area (Å²) < 4.78 is 11.0. The van der Waals surface area contributed by atoms with E-state index in [1.165, 1.54) is 10.9 Å². The quantitative estimate of drug-likeness (QED) is 0.781. The first-order valence-electron chi connectivity index (χ1n) is 6.79. The lowest BCUT2D eigenvalue weighted by Gasteiger charge is -2.10. The third-order valence-electron chi connectivity index (χ3n) is 3.54. The third kappa shape index (κ3) is 2.34. The van der Waals surface area contributed by atoms with Crippen LogP contribution in [-0.4, -0.2) is 5.16 Å². The molecule has 3 aromatic rings. The molecule has 0 aliphatic carbocycles. The molecule has 0 aliphatic rings. The Morgan fingerprint density at radius 3 is 2.75 bits per heavy atom. The maximum atomic E-state index is 5.95. The average Bonchev–Trinajstić information content (AvgIpc) is 3.01. The molecular weight excluding hydrogens is 252 g/mol. The topological polar surface area (TPSA) is 51.2 Å². The number of aryl methyl sites for hydroxylation is 2. The van der Waals surface area contributed by atoms with E-state index in [1.54, 1.807) is 0 Å². The lowest BCUT2D eigenvalue weighted by atomic mass is 10.1. The highest BCUT2D eigenvalue weighted by Gasteiger charge is 2.16. The average molecular weight is 270 g/mol. The van der Waals surface area contributed by atoms with E-state index in [0.717, 1.165) is 22.8 Å². The standard InChI is InChI=1S/C16H18N2O2/c1-10-8-13(18-20-10)9-17-12(3)16-11(2)14-6-4-5-7-15(14)19-16/h4-8,12,17H,9H2,1-3H3. The van der Waals surface area contributed by atoms with Crippen LogP contribution in [-0.2, 0) is 6.54 Å². The number of benzene rings is 1. The SMILES string of the molecule is Cc1cc(CNC(C)c2oc3ccccc3c2C)no1. The summed E-state index contributed by atoms with van der Waals surface area (Å²) in [6.07, 6.45) is 0. The van der Waals surface area contributed by atoms with Gasteiger partial charge in [-0.05, 0) is 32.4 Å². The second kappa shape index (κ2) is 5.13. The Morgan fingerprint density at radius 1 is 1.25 bits per heavy atom. The first kappa shape index (κ1) is 12.9. The number of hydrogen-bond donors (Lipinski definition) is 1. The minimum Gasteiger partial charge on any atom is -0.459 e. The van der Waals surface area contributed by atoms with Gasteiger partial charge in [0.15, 0.2) is 0 Å². The molecule has 4 heteroatoms. The summed E-state index contributed by atoms with van der Waals surface area (Å²) in [5, 5.41) is 8.57. The fraction of sp³-hybridized carbons (Fsp3) is 0.312. The molecule has 2 heterocycles. The second-order valence-corrected chi connectivity index (χ2v) is 5.12. The van der Waals surface area contributed by atoms with Crippen molar-refractivity contribution < 1.29 is 8.94 Å². The molecule has 0 amide bonds. The summed E-state index contributed by atoms with van der Waals surface area (Å²) in [6.45, 7) is 6.75. The maximum Gasteiger partial charge on any atom is 0.134 e. The monoisotopic (exact) mass is 270 g/mol. The normalized spacial score (nSPS) is 12.9. The summed E-state index contributed by atoms with van der Waals surface area (Å²) in [5.41, 5.74) is 3.03. The van der Waals surface area contributed by atoms with Crippen molar-refractivity contribution in [1.82, 2.24) is 10.5 Å². The molecule has 1 aromatic carbocycles. The van der Waals surface area contributed by atoms with Gasteiger partial charge in [-0.1, -0.05) is 23.4 Å². The van der Waals surface area contributed by atoms with Crippen molar-refractivity contribution in [3.63, 3.8) is 0 Å². The number of furan rings is 1. The van der Waals surface area contributed by atoms with Crippen LogP contribution in [0.25, 0.3) is 11.0 Å². The van der Waals surface area contributed by atoms with E-state index in [1.807, 2.05) is 31.2 Å². The van der Waals surface area contributed by atoms with E-state index < -0.39 is 0 Å². The van der Waals surface area contributed by atoms with Crippen LogP contribution in [0.2, 0.25) is 0 Å². The number of nitrogens with zero attached hydrogens (tertiary/aromatic N) is 1.